The summed E-state index contributed by atoms with van der Waals surface area (Å²) in [6, 6.07) is 4.88. The zero-order valence-electron chi connectivity index (χ0n) is 10.6. The van der Waals surface area contributed by atoms with E-state index in [1.807, 2.05) is 13.0 Å². The van der Waals surface area contributed by atoms with Gasteiger partial charge in [-0.25, -0.2) is 0 Å². The van der Waals surface area contributed by atoms with E-state index in [-0.39, 0.29) is 0 Å². The summed E-state index contributed by atoms with van der Waals surface area (Å²) in [5.41, 5.74) is 0.928. The second-order valence-electron chi connectivity index (χ2n) is 4.05. The van der Waals surface area contributed by atoms with E-state index in [2.05, 4.69) is 5.32 Å². The molecule has 18 heavy (non-hydrogen) atoms. The number of halogens is 1. The van der Waals surface area contributed by atoms with Crippen LogP contribution in [0.15, 0.2) is 18.2 Å². The van der Waals surface area contributed by atoms with Crippen LogP contribution >= 0.6 is 11.6 Å². The van der Waals surface area contributed by atoms with Crippen LogP contribution in [0.4, 0.5) is 0 Å². The van der Waals surface area contributed by atoms with Crippen LogP contribution in [0.1, 0.15) is 25.8 Å². The van der Waals surface area contributed by atoms with E-state index < -0.39 is 12.0 Å². The molecule has 0 radical (unpaired) electrons. The molecule has 4 nitrogen and oxygen atoms in total. The van der Waals surface area contributed by atoms with Crippen molar-refractivity contribution < 1.29 is 14.6 Å². The van der Waals surface area contributed by atoms with E-state index in [1.165, 1.54) is 0 Å². The zero-order valence-corrected chi connectivity index (χ0v) is 11.3. The van der Waals surface area contributed by atoms with Crippen molar-refractivity contribution in [3.63, 3.8) is 0 Å². The quantitative estimate of drug-likeness (QED) is 0.801. The minimum Gasteiger partial charge on any atom is -0.492 e. The summed E-state index contributed by atoms with van der Waals surface area (Å²) in [7, 11) is 0. The van der Waals surface area contributed by atoms with Crippen molar-refractivity contribution >= 4 is 17.6 Å². The number of carboxylic acid groups (broad SMARTS) is 1. The minimum atomic E-state index is -0.871. The lowest BCUT2D eigenvalue weighted by Crippen LogP contribution is -2.33. The Hall–Kier alpha value is -1.26. The first-order valence-electron chi connectivity index (χ1n) is 5.92. The molecule has 1 atom stereocenters. The van der Waals surface area contributed by atoms with Crippen LogP contribution in [0.3, 0.4) is 0 Å². The van der Waals surface area contributed by atoms with Gasteiger partial charge in [0.2, 0.25) is 0 Å². The maximum Gasteiger partial charge on any atom is 0.320 e. The number of aliphatic carboxylic acids is 1. The Morgan fingerprint density at radius 2 is 2.28 bits per heavy atom. The normalized spacial score (nSPS) is 12.2. The molecule has 2 N–H and O–H groups in total. The summed E-state index contributed by atoms with van der Waals surface area (Å²) in [5.74, 6) is -0.211. The minimum absolute atomic E-state index is 0.460. The summed E-state index contributed by atoms with van der Waals surface area (Å²) in [4.78, 5) is 10.7. The Balaban J connectivity index is 2.58. The van der Waals surface area contributed by atoms with Crippen molar-refractivity contribution in [2.45, 2.75) is 32.9 Å². The number of hydrogen-bond acceptors (Lipinski definition) is 3. The molecular formula is C13H18ClNO3. The summed E-state index contributed by atoms with van der Waals surface area (Å²) in [6.07, 6.45) is 0.926. The number of carbonyl (C=O) groups is 1. The van der Waals surface area contributed by atoms with Gasteiger partial charge in [-0.15, -0.1) is 0 Å². The van der Waals surface area contributed by atoms with Crippen LogP contribution < -0.4 is 10.1 Å². The molecule has 0 aromatic heterocycles. The number of hydrogen-bond donors (Lipinski definition) is 2. The smallest absolute Gasteiger partial charge is 0.320 e. The topological polar surface area (TPSA) is 58.6 Å². The Morgan fingerprint density at radius 1 is 1.56 bits per heavy atom. The molecular weight excluding hydrogens is 254 g/mol. The number of carboxylic acids is 1. The lowest BCUT2D eigenvalue weighted by Gasteiger charge is -2.11. The monoisotopic (exact) mass is 271 g/mol. The highest BCUT2D eigenvalue weighted by atomic mass is 35.5. The second-order valence-corrected chi connectivity index (χ2v) is 4.46. The van der Waals surface area contributed by atoms with E-state index in [9.17, 15) is 4.79 Å². The van der Waals surface area contributed by atoms with Crippen LogP contribution in [0.25, 0.3) is 0 Å². The average molecular weight is 272 g/mol. The van der Waals surface area contributed by atoms with Crippen molar-refractivity contribution in [2.24, 2.45) is 0 Å². The van der Waals surface area contributed by atoms with Gasteiger partial charge in [0.05, 0.1) is 11.6 Å². The largest absolute Gasteiger partial charge is 0.492 e. The molecule has 0 heterocycles. The van der Waals surface area contributed by atoms with Gasteiger partial charge in [-0.2, -0.15) is 0 Å². The van der Waals surface area contributed by atoms with Crippen molar-refractivity contribution in [1.82, 2.24) is 5.32 Å². The van der Waals surface area contributed by atoms with Gasteiger partial charge in [-0.05, 0) is 31.0 Å². The summed E-state index contributed by atoms with van der Waals surface area (Å²) in [6.45, 7) is 4.72. The fraction of sp³-hybridized carbons (Fsp3) is 0.462. The Kier molecular flexibility index (Phi) is 5.95. The Morgan fingerprint density at radius 3 is 2.83 bits per heavy atom. The lowest BCUT2D eigenvalue weighted by molar-refractivity contribution is -0.139. The van der Waals surface area contributed by atoms with E-state index in [4.69, 9.17) is 21.4 Å². The number of nitrogens with one attached hydrogen (secondary N) is 1. The first-order chi connectivity index (χ1) is 8.54. The second kappa shape index (κ2) is 7.24. The number of rotatable bonds is 7. The molecule has 100 valence electrons. The highest BCUT2D eigenvalue weighted by Crippen LogP contribution is 2.25. The predicted molar refractivity (Wildman–Crippen MR) is 71.2 cm³/mol. The van der Waals surface area contributed by atoms with Gasteiger partial charge in [0.25, 0.3) is 0 Å². The zero-order chi connectivity index (χ0) is 13.5. The van der Waals surface area contributed by atoms with E-state index in [0.717, 1.165) is 12.0 Å². The summed E-state index contributed by atoms with van der Waals surface area (Å²) in [5, 5.41) is 12.2. The third-order valence-electron chi connectivity index (χ3n) is 2.44. The highest BCUT2D eigenvalue weighted by Gasteiger charge is 2.10. The Bertz CT molecular complexity index is 409. The van der Waals surface area contributed by atoms with E-state index >= 15 is 0 Å². The summed E-state index contributed by atoms with van der Waals surface area (Å²) >= 11 is 6.07. The predicted octanol–water partition coefficient (Wildman–Crippen LogP) is 2.69. The first-order valence-corrected chi connectivity index (χ1v) is 6.29. The highest BCUT2D eigenvalue weighted by molar-refractivity contribution is 6.32. The van der Waals surface area contributed by atoms with Crippen LogP contribution in [0, 0.1) is 0 Å². The molecule has 0 aliphatic rings. The van der Waals surface area contributed by atoms with Gasteiger partial charge in [0, 0.05) is 6.54 Å². The molecule has 1 aromatic carbocycles. The van der Waals surface area contributed by atoms with Crippen molar-refractivity contribution in [3.8, 4) is 5.75 Å². The number of ether oxygens (including phenoxy) is 1. The van der Waals surface area contributed by atoms with Crippen LogP contribution in [0.5, 0.6) is 5.75 Å². The summed E-state index contributed by atoms with van der Waals surface area (Å²) < 4.78 is 5.46. The molecule has 0 amide bonds. The molecule has 0 aliphatic carbocycles. The van der Waals surface area contributed by atoms with Gasteiger partial charge in [-0.3, -0.25) is 4.79 Å². The molecule has 0 fully saturated rings. The maximum absolute atomic E-state index is 10.7. The fourth-order valence-corrected chi connectivity index (χ4v) is 1.60. The van der Waals surface area contributed by atoms with Crippen molar-refractivity contribution in [1.29, 1.82) is 0 Å². The van der Waals surface area contributed by atoms with Crippen LogP contribution in [-0.2, 0) is 11.3 Å². The average Bonchev–Trinajstić information content (AvgIpc) is 2.34. The van der Waals surface area contributed by atoms with Crippen LogP contribution in [0.2, 0.25) is 5.02 Å². The van der Waals surface area contributed by atoms with Crippen molar-refractivity contribution in [2.75, 3.05) is 6.61 Å². The standard InChI is InChI=1S/C13H18ClNO3/c1-3-6-18-12-5-4-10(7-11(12)14)8-15-9(2)13(16)17/h4-5,7,9,15H,3,6,8H2,1-2H3,(H,16,17)/t9-/m1/s1. The lowest BCUT2D eigenvalue weighted by atomic mass is 10.2. The molecule has 0 saturated heterocycles. The molecule has 1 rings (SSSR count). The first kappa shape index (κ1) is 14.8. The molecule has 0 spiro atoms. The third-order valence-corrected chi connectivity index (χ3v) is 2.74. The molecule has 1 aromatic rings. The van der Waals surface area contributed by atoms with E-state index in [0.29, 0.717) is 23.9 Å². The molecule has 0 saturated carbocycles. The number of benzene rings is 1. The van der Waals surface area contributed by atoms with Crippen LogP contribution in [-0.4, -0.2) is 23.7 Å². The maximum atomic E-state index is 10.7. The molecule has 0 aliphatic heterocycles. The van der Waals surface area contributed by atoms with E-state index in [1.54, 1.807) is 19.1 Å². The Labute approximate surface area is 112 Å². The third kappa shape index (κ3) is 4.55. The van der Waals surface area contributed by atoms with Gasteiger partial charge in [0.1, 0.15) is 11.8 Å². The molecule has 0 unspecified atom stereocenters. The fourth-order valence-electron chi connectivity index (χ4n) is 1.34. The van der Waals surface area contributed by atoms with Gasteiger partial charge >= 0.3 is 5.97 Å². The molecule has 5 heteroatoms. The van der Waals surface area contributed by atoms with Gasteiger partial charge in [0.15, 0.2) is 0 Å². The van der Waals surface area contributed by atoms with Crippen molar-refractivity contribution in [3.05, 3.63) is 28.8 Å². The van der Waals surface area contributed by atoms with Gasteiger partial charge in [-0.1, -0.05) is 24.6 Å². The SMILES string of the molecule is CCCOc1ccc(CN[C@H](C)C(=O)O)cc1Cl. The molecule has 0 bridgehead atoms. The van der Waals surface area contributed by atoms with Gasteiger partial charge < -0.3 is 15.2 Å².